The van der Waals surface area contributed by atoms with Gasteiger partial charge in [-0.1, -0.05) is 0 Å². The average molecular weight is 139 g/mol. The Morgan fingerprint density at radius 3 is 2.22 bits per heavy atom. The third-order valence-electron chi connectivity index (χ3n) is 0.553. The molecule has 0 aliphatic rings. The molecule has 0 aromatic carbocycles. The smallest absolute Gasteiger partial charge is 0.366 e. The zero-order valence-corrected chi connectivity index (χ0v) is 5.07. The van der Waals surface area contributed by atoms with Gasteiger partial charge < -0.3 is 4.84 Å². The molecule has 0 saturated carbocycles. The second-order valence-corrected chi connectivity index (χ2v) is 1.48. The molecule has 0 unspecified atom stereocenters. The first kappa shape index (κ1) is 8.29. The summed E-state index contributed by atoms with van der Waals surface area (Å²) in [6, 6.07) is 0. The van der Waals surface area contributed by atoms with Crippen LogP contribution < -0.4 is 5.48 Å². The van der Waals surface area contributed by atoms with Gasteiger partial charge in [-0.2, -0.15) is 14.3 Å². The molecule has 0 bridgehead atoms. The van der Waals surface area contributed by atoms with Gasteiger partial charge in [-0.25, -0.2) is 4.79 Å². The van der Waals surface area contributed by atoms with Crippen LogP contribution >= 0.6 is 0 Å². The highest BCUT2D eigenvalue weighted by molar-refractivity contribution is 5.76. The standard InChI is InChI=1S/C4H7F2NO2/c1-4(5,6)3(8)9-7-2/h7H,1-2H3. The summed E-state index contributed by atoms with van der Waals surface area (Å²) in [5, 5.41) is 0. The van der Waals surface area contributed by atoms with Crippen LogP contribution in [0.5, 0.6) is 0 Å². The summed E-state index contributed by atoms with van der Waals surface area (Å²) in [5.74, 6) is -4.99. The summed E-state index contributed by atoms with van der Waals surface area (Å²) >= 11 is 0. The summed E-state index contributed by atoms with van der Waals surface area (Å²) in [6.45, 7) is 0.465. The highest BCUT2D eigenvalue weighted by Crippen LogP contribution is 2.11. The van der Waals surface area contributed by atoms with Gasteiger partial charge in [0.15, 0.2) is 0 Å². The Hall–Kier alpha value is -0.710. The number of hydrogen-bond donors (Lipinski definition) is 1. The van der Waals surface area contributed by atoms with Crippen LogP contribution in [0.25, 0.3) is 0 Å². The van der Waals surface area contributed by atoms with E-state index in [1.807, 2.05) is 5.48 Å². The van der Waals surface area contributed by atoms with Crippen LogP contribution in [0.4, 0.5) is 8.78 Å². The number of halogens is 2. The molecule has 0 atom stereocenters. The number of rotatable bonds is 2. The van der Waals surface area contributed by atoms with E-state index in [2.05, 4.69) is 4.84 Å². The van der Waals surface area contributed by atoms with Crippen molar-refractivity contribution in [2.24, 2.45) is 0 Å². The summed E-state index contributed by atoms with van der Waals surface area (Å²) in [5.41, 5.74) is 1.84. The Morgan fingerprint density at radius 2 is 2.11 bits per heavy atom. The molecule has 0 radical (unpaired) electrons. The lowest BCUT2D eigenvalue weighted by Crippen LogP contribution is -2.30. The van der Waals surface area contributed by atoms with Gasteiger partial charge in [0, 0.05) is 14.0 Å². The van der Waals surface area contributed by atoms with Crippen molar-refractivity contribution in [2.75, 3.05) is 7.05 Å². The molecule has 0 aromatic rings. The largest absolute Gasteiger partial charge is 0.395 e. The molecule has 0 aliphatic carbocycles. The minimum Gasteiger partial charge on any atom is -0.366 e. The molecule has 0 aliphatic heterocycles. The van der Waals surface area contributed by atoms with E-state index in [-0.39, 0.29) is 0 Å². The van der Waals surface area contributed by atoms with E-state index in [4.69, 9.17) is 0 Å². The fourth-order valence-corrected chi connectivity index (χ4v) is 0.182. The number of carbonyl (C=O) groups is 1. The Balaban J connectivity index is 3.74. The van der Waals surface area contributed by atoms with Gasteiger partial charge in [0.1, 0.15) is 0 Å². The van der Waals surface area contributed by atoms with Crippen molar-refractivity contribution in [3.63, 3.8) is 0 Å². The monoisotopic (exact) mass is 139 g/mol. The molecule has 1 N–H and O–H groups in total. The fraction of sp³-hybridized carbons (Fsp3) is 0.750. The first-order chi connectivity index (χ1) is 3.98. The van der Waals surface area contributed by atoms with Crippen molar-refractivity contribution >= 4 is 5.97 Å². The first-order valence-corrected chi connectivity index (χ1v) is 2.24. The summed E-state index contributed by atoms with van der Waals surface area (Å²) in [6.07, 6.45) is 0. The SMILES string of the molecule is CNOC(=O)C(C)(F)F. The van der Waals surface area contributed by atoms with Gasteiger partial charge in [0.25, 0.3) is 0 Å². The van der Waals surface area contributed by atoms with E-state index in [9.17, 15) is 13.6 Å². The van der Waals surface area contributed by atoms with E-state index in [1.165, 1.54) is 7.05 Å². The predicted octanol–water partition coefficient (Wildman–Crippen LogP) is 0.319. The van der Waals surface area contributed by atoms with E-state index >= 15 is 0 Å². The fourth-order valence-electron chi connectivity index (χ4n) is 0.182. The molecule has 0 spiro atoms. The maximum absolute atomic E-state index is 11.8. The van der Waals surface area contributed by atoms with Crippen molar-refractivity contribution in [1.82, 2.24) is 5.48 Å². The van der Waals surface area contributed by atoms with E-state index in [0.29, 0.717) is 6.92 Å². The van der Waals surface area contributed by atoms with E-state index in [0.717, 1.165) is 0 Å². The summed E-state index contributed by atoms with van der Waals surface area (Å²) < 4.78 is 23.6. The molecule has 3 nitrogen and oxygen atoms in total. The van der Waals surface area contributed by atoms with Gasteiger partial charge in [-0.05, 0) is 0 Å². The maximum Gasteiger partial charge on any atom is 0.395 e. The van der Waals surface area contributed by atoms with E-state index in [1.54, 1.807) is 0 Å². The lowest BCUT2D eigenvalue weighted by atomic mass is 10.4. The zero-order valence-electron chi connectivity index (χ0n) is 5.07. The number of hydrogen-bond acceptors (Lipinski definition) is 3. The second kappa shape index (κ2) is 2.72. The minimum atomic E-state index is -3.41. The third-order valence-corrected chi connectivity index (χ3v) is 0.553. The Labute approximate surface area is 50.9 Å². The van der Waals surface area contributed by atoms with Crippen molar-refractivity contribution in [3.8, 4) is 0 Å². The summed E-state index contributed by atoms with van der Waals surface area (Å²) in [4.78, 5) is 13.8. The Morgan fingerprint density at radius 1 is 1.67 bits per heavy atom. The lowest BCUT2D eigenvalue weighted by molar-refractivity contribution is -0.175. The van der Waals surface area contributed by atoms with Crippen LogP contribution in [-0.2, 0) is 9.63 Å². The molecule has 54 valence electrons. The van der Waals surface area contributed by atoms with Crippen LogP contribution in [0, 0.1) is 0 Å². The Kier molecular flexibility index (Phi) is 2.51. The minimum absolute atomic E-state index is 0.465. The molecule has 0 aromatic heterocycles. The molecule has 0 amide bonds. The molecule has 0 heterocycles. The maximum atomic E-state index is 11.8. The first-order valence-electron chi connectivity index (χ1n) is 2.24. The number of nitrogens with one attached hydrogen (secondary N) is 1. The predicted molar refractivity (Wildman–Crippen MR) is 25.8 cm³/mol. The highest BCUT2D eigenvalue weighted by atomic mass is 19.3. The Bertz CT molecular complexity index is 110. The van der Waals surface area contributed by atoms with Gasteiger partial charge in [-0.3, -0.25) is 0 Å². The average Bonchev–Trinajstić information content (AvgIpc) is 1.64. The van der Waals surface area contributed by atoms with Gasteiger partial charge >= 0.3 is 11.9 Å². The van der Waals surface area contributed by atoms with Gasteiger partial charge in [0.05, 0.1) is 0 Å². The number of alkyl halides is 2. The molecule has 0 saturated heterocycles. The molecular formula is C4H7F2NO2. The quantitative estimate of drug-likeness (QED) is 0.560. The zero-order chi connectivity index (χ0) is 7.49. The van der Waals surface area contributed by atoms with Crippen molar-refractivity contribution in [3.05, 3.63) is 0 Å². The molecule has 5 heteroatoms. The molecule has 0 fully saturated rings. The highest BCUT2D eigenvalue weighted by Gasteiger charge is 2.34. The topological polar surface area (TPSA) is 38.3 Å². The second-order valence-electron chi connectivity index (χ2n) is 1.48. The van der Waals surface area contributed by atoms with Gasteiger partial charge in [-0.15, -0.1) is 0 Å². The molecule has 9 heavy (non-hydrogen) atoms. The number of carbonyl (C=O) groups excluding carboxylic acids is 1. The third kappa shape index (κ3) is 2.97. The number of hydroxylamine groups is 1. The lowest BCUT2D eigenvalue weighted by Gasteiger charge is -2.06. The van der Waals surface area contributed by atoms with Crippen molar-refractivity contribution in [1.29, 1.82) is 0 Å². The van der Waals surface area contributed by atoms with Crippen LogP contribution in [0.1, 0.15) is 6.92 Å². The van der Waals surface area contributed by atoms with Crippen LogP contribution in [0.15, 0.2) is 0 Å². The summed E-state index contributed by atoms with van der Waals surface area (Å²) in [7, 11) is 1.23. The molecule has 0 rings (SSSR count). The van der Waals surface area contributed by atoms with E-state index < -0.39 is 11.9 Å². The molecular weight excluding hydrogens is 132 g/mol. The van der Waals surface area contributed by atoms with Gasteiger partial charge in [0.2, 0.25) is 0 Å². The normalized spacial score (nSPS) is 11.1. The van der Waals surface area contributed by atoms with Crippen molar-refractivity contribution < 1.29 is 18.4 Å². The van der Waals surface area contributed by atoms with Crippen LogP contribution in [0.2, 0.25) is 0 Å². The van der Waals surface area contributed by atoms with Crippen molar-refractivity contribution in [2.45, 2.75) is 12.8 Å². The van der Waals surface area contributed by atoms with Crippen LogP contribution in [0.3, 0.4) is 0 Å². The van der Waals surface area contributed by atoms with Crippen LogP contribution in [-0.4, -0.2) is 18.9 Å².